The Balaban J connectivity index is 1.48. The molecule has 3 aliphatic heterocycles. The van der Waals surface area contributed by atoms with E-state index in [9.17, 15) is 25.5 Å². The van der Waals surface area contributed by atoms with Gasteiger partial charge in [-0.15, -0.1) is 0 Å². The van der Waals surface area contributed by atoms with Crippen molar-refractivity contribution in [2.24, 2.45) is 34.6 Å². The molecule has 17 heteroatoms. The van der Waals surface area contributed by atoms with Crippen LogP contribution in [0.4, 0.5) is 0 Å². The van der Waals surface area contributed by atoms with Gasteiger partial charge in [-0.25, -0.2) is 0 Å². The summed E-state index contributed by atoms with van der Waals surface area (Å²) in [5, 5.41) is 62.0. The second-order valence-corrected chi connectivity index (χ2v) is 12.0. The van der Waals surface area contributed by atoms with E-state index in [1.165, 1.54) is 0 Å². The summed E-state index contributed by atoms with van der Waals surface area (Å²) in [6.07, 6.45) is -13.4. The summed E-state index contributed by atoms with van der Waals surface area (Å²) in [7, 11) is 0. The molecule has 15 N–H and O–H groups in total. The highest BCUT2D eigenvalue weighted by Gasteiger charge is 2.53. The van der Waals surface area contributed by atoms with Crippen molar-refractivity contribution < 1.29 is 54.0 Å². The van der Waals surface area contributed by atoms with E-state index in [2.05, 4.69) is 0 Å². The largest absolute Gasteiger partial charge is 0.394 e. The van der Waals surface area contributed by atoms with Crippen molar-refractivity contribution in [2.75, 3.05) is 13.2 Å². The molecule has 4 fully saturated rings. The molecule has 4 rings (SSSR count). The highest BCUT2D eigenvalue weighted by Crippen LogP contribution is 2.35. The van der Waals surface area contributed by atoms with Crippen molar-refractivity contribution in [2.45, 2.75) is 137 Å². The maximum atomic E-state index is 11.2. The van der Waals surface area contributed by atoms with Crippen LogP contribution in [0.1, 0.15) is 32.6 Å². The zero-order valence-electron chi connectivity index (χ0n) is 24.2. The summed E-state index contributed by atoms with van der Waals surface area (Å²) < 4.78 is 35.7. The minimum Gasteiger partial charge on any atom is -0.394 e. The Bertz CT molecular complexity index is 935. The first kappa shape index (κ1) is 34.7. The van der Waals surface area contributed by atoms with Crippen molar-refractivity contribution in [3.8, 4) is 6.07 Å². The molecule has 18 unspecified atom stereocenters. The number of aliphatic hydroxyl groups excluding tert-OH is 5. The van der Waals surface area contributed by atoms with Gasteiger partial charge in [-0.1, -0.05) is 6.92 Å². The fourth-order valence-electron chi connectivity index (χ4n) is 6.14. The second-order valence-electron chi connectivity index (χ2n) is 12.0. The molecule has 248 valence electrons. The molecule has 0 radical (unpaired) electrons. The van der Waals surface area contributed by atoms with Gasteiger partial charge >= 0.3 is 0 Å². The van der Waals surface area contributed by atoms with Gasteiger partial charge in [0.25, 0.3) is 0 Å². The lowest BCUT2D eigenvalue weighted by Crippen LogP contribution is -2.65. The first-order valence-electron chi connectivity index (χ1n) is 14.8. The number of nitrogens with two attached hydrogens (primary N) is 5. The molecule has 0 spiro atoms. The molecule has 43 heavy (non-hydrogen) atoms. The molecule has 0 amide bonds. The fourth-order valence-corrected chi connectivity index (χ4v) is 6.14. The molecule has 0 aromatic rings. The monoisotopic (exact) mass is 620 g/mol. The van der Waals surface area contributed by atoms with Gasteiger partial charge in [0, 0.05) is 30.6 Å². The summed E-state index contributed by atoms with van der Waals surface area (Å²) in [6, 6.07) is -0.612. The number of ether oxygens (including phenoxy) is 6. The van der Waals surface area contributed by atoms with Crippen LogP contribution in [0, 0.1) is 17.2 Å². The molecule has 3 heterocycles. The highest BCUT2D eigenvalue weighted by molar-refractivity contribution is 5.01. The van der Waals surface area contributed by atoms with Gasteiger partial charge in [-0.05, 0) is 19.3 Å². The van der Waals surface area contributed by atoms with E-state index in [-0.39, 0.29) is 19.4 Å². The van der Waals surface area contributed by atoms with Crippen LogP contribution in [-0.4, -0.2) is 143 Å². The Hall–Kier alpha value is -1.15. The Morgan fingerprint density at radius 2 is 1.44 bits per heavy atom. The molecule has 0 aromatic heterocycles. The molecular weight excluding hydrogens is 572 g/mol. The van der Waals surface area contributed by atoms with E-state index in [0.29, 0.717) is 12.8 Å². The maximum Gasteiger partial charge on any atom is 0.187 e. The first-order valence-corrected chi connectivity index (χ1v) is 14.8. The standard InChI is InChI=1S/C26H48N6O11/c1-9-17(34)19(36)15(7-28)39-24(9)42-22-16(8-33)40-26(20(22)37)43-23-18(35)12(31)6-13(32)21(23)41-25-11(30)2-3-14(38-25)10(29)4-5-27/h9-26,33-37H,2-4,6-8,28-32H2,1H3. The number of nitrogens with zero attached hydrogens (tertiary/aromatic N) is 1. The molecule has 4 aliphatic rings. The van der Waals surface area contributed by atoms with E-state index in [0.717, 1.165) is 0 Å². The lowest BCUT2D eigenvalue weighted by molar-refractivity contribution is -0.297. The predicted octanol–water partition coefficient (Wildman–Crippen LogP) is -5.25. The van der Waals surface area contributed by atoms with Crippen LogP contribution in [0.2, 0.25) is 0 Å². The van der Waals surface area contributed by atoms with Crippen LogP contribution in [0.3, 0.4) is 0 Å². The molecule has 0 aromatic carbocycles. The Morgan fingerprint density at radius 1 is 0.791 bits per heavy atom. The van der Waals surface area contributed by atoms with Crippen LogP contribution in [0.5, 0.6) is 0 Å². The van der Waals surface area contributed by atoms with Crippen LogP contribution in [0.15, 0.2) is 0 Å². The van der Waals surface area contributed by atoms with E-state index >= 15 is 0 Å². The van der Waals surface area contributed by atoms with Gasteiger partial charge in [0.2, 0.25) is 0 Å². The minimum absolute atomic E-state index is 0.0815. The smallest absolute Gasteiger partial charge is 0.187 e. The van der Waals surface area contributed by atoms with Gasteiger partial charge in [-0.3, -0.25) is 0 Å². The van der Waals surface area contributed by atoms with Gasteiger partial charge in [0.1, 0.15) is 42.7 Å². The number of hydrogen-bond donors (Lipinski definition) is 10. The van der Waals surface area contributed by atoms with Crippen molar-refractivity contribution in [3.63, 3.8) is 0 Å². The lowest BCUT2D eigenvalue weighted by Gasteiger charge is -2.46. The van der Waals surface area contributed by atoms with Crippen LogP contribution >= 0.6 is 0 Å². The third-order valence-electron chi connectivity index (χ3n) is 8.90. The molecule has 17 nitrogen and oxygen atoms in total. The van der Waals surface area contributed by atoms with Gasteiger partial charge in [0.05, 0.1) is 43.5 Å². The second kappa shape index (κ2) is 15.0. The van der Waals surface area contributed by atoms with E-state index in [1.807, 2.05) is 6.07 Å². The number of rotatable bonds is 10. The van der Waals surface area contributed by atoms with Gasteiger partial charge < -0.3 is 82.6 Å². The third kappa shape index (κ3) is 7.47. The predicted molar refractivity (Wildman–Crippen MR) is 146 cm³/mol. The quantitative estimate of drug-likeness (QED) is 0.109. The van der Waals surface area contributed by atoms with Crippen LogP contribution in [-0.2, 0) is 28.4 Å². The minimum atomic E-state index is -1.50. The molecule has 1 aliphatic carbocycles. The Labute approximate surface area is 250 Å². The summed E-state index contributed by atoms with van der Waals surface area (Å²) in [5.41, 5.74) is 30.6. The molecule has 3 saturated heterocycles. The fraction of sp³-hybridized carbons (Fsp3) is 0.962. The SMILES string of the molecule is CC1C(OC2C(CO)OC(OC3C(O)C(N)CC(N)C3OC3OC(C(N)CC#N)CCC3N)C2O)OC(CN)C(O)C1O. The maximum absolute atomic E-state index is 11.2. The van der Waals surface area contributed by atoms with Crippen molar-refractivity contribution in [3.05, 3.63) is 0 Å². The van der Waals surface area contributed by atoms with Crippen LogP contribution < -0.4 is 28.7 Å². The summed E-state index contributed by atoms with van der Waals surface area (Å²) >= 11 is 0. The zero-order chi connectivity index (χ0) is 31.6. The Morgan fingerprint density at radius 3 is 2.09 bits per heavy atom. The highest BCUT2D eigenvalue weighted by atomic mass is 16.8. The number of hydrogen-bond acceptors (Lipinski definition) is 17. The Kier molecular flexibility index (Phi) is 12.1. The zero-order valence-corrected chi connectivity index (χ0v) is 24.2. The molecule has 18 atom stereocenters. The lowest BCUT2D eigenvalue weighted by atomic mass is 9.84. The van der Waals surface area contributed by atoms with Crippen LogP contribution in [0.25, 0.3) is 0 Å². The van der Waals surface area contributed by atoms with E-state index in [1.54, 1.807) is 6.92 Å². The van der Waals surface area contributed by atoms with Gasteiger partial charge in [0.15, 0.2) is 18.9 Å². The first-order chi connectivity index (χ1) is 20.4. The topological polar surface area (TPSA) is 310 Å². The summed E-state index contributed by atoms with van der Waals surface area (Å²) in [4.78, 5) is 0. The van der Waals surface area contributed by atoms with Gasteiger partial charge in [-0.2, -0.15) is 5.26 Å². The number of nitriles is 1. The normalized spacial score (nSPS) is 49.9. The van der Waals surface area contributed by atoms with Crippen molar-refractivity contribution in [1.29, 1.82) is 5.26 Å². The van der Waals surface area contributed by atoms with E-state index < -0.39 is 117 Å². The number of aliphatic hydroxyl groups is 5. The average Bonchev–Trinajstić information content (AvgIpc) is 3.28. The molecule has 1 saturated carbocycles. The third-order valence-corrected chi connectivity index (χ3v) is 8.90. The summed E-state index contributed by atoms with van der Waals surface area (Å²) in [5.74, 6) is -0.719. The molecule has 0 bridgehead atoms. The van der Waals surface area contributed by atoms with E-state index in [4.69, 9.17) is 62.4 Å². The summed E-state index contributed by atoms with van der Waals surface area (Å²) in [6.45, 7) is 0.925. The van der Waals surface area contributed by atoms with Crippen molar-refractivity contribution in [1.82, 2.24) is 0 Å². The van der Waals surface area contributed by atoms with Crippen molar-refractivity contribution >= 4 is 0 Å². The molecular formula is C26H48N6O11. The average molecular weight is 621 g/mol.